The van der Waals surface area contributed by atoms with Gasteiger partial charge in [-0.2, -0.15) is 0 Å². The largest absolute Gasteiger partial charge is 0.352 e. The molecule has 1 atom stereocenters. The molecule has 1 N–H and O–H groups in total. The second kappa shape index (κ2) is 15.0. The van der Waals surface area contributed by atoms with Gasteiger partial charge in [-0.15, -0.1) is 0 Å². The fourth-order valence-corrected chi connectivity index (χ4v) is 7.35. The normalized spacial score (nSPS) is 14.1. The SMILES string of the molecule is O=C(NC1CCCC1)[C@@H](Cc1ccccc1)N(Cc1ccc(Cl)c(Cl)c1)C(=O)CN(c1ccccc1)S(=O)(=O)c1ccccc1. The summed E-state index contributed by atoms with van der Waals surface area (Å²) < 4.78 is 29.1. The molecule has 2 amide bonds. The third-order valence-electron chi connectivity index (χ3n) is 7.96. The smallest absolute Gasteiger partial charge is 0.264 e. The number of para-hydroxylation sites is 1. The first-order chi connectivity index (χ1) is 21.7. The van der Waals surface area contributed by atoms with E-state index in [1.165, 1.54) is 17.0 Å². The molecule has 0 aliphatic heterocycles. The first-order valence-electron chi connectivity index (χ1n) is 14.9. The molecule has 0 saturated heterocycles. The molecule has 4 aromatic rings. The highest BCUT2D eigenvalue weighted by Gasteiger charge is 2.35. The fourth-order valence-electron chi connectivity index (χ4n) is 5.60. The van der Waals surface area contributed by atoms with Crippen LogP contribution in [0.3, 0.4) is 0 Å². The average molecular weight is 665 g/mol. The Kier molecular flexibility index (Phi) is 10.8. The highest BCUT2D eigenvalue weighted by atomic mass is 35.5. The summed E-state index contributed by atoms with van der Waals surface area (Å²) in [6.07, 6.45) is 4.06. The zero-order valence-electron chi connectivity index (χ0n) is 24.7. The molecule has 0 bridgehead atoms. The van der Waals surface area contributed by atoms with Crippen molar-refractivity contribution in [3.8, 4) is 0 Å². The van der Waals surface area contributed by atoms with Crippen LogP contribution in [-0.2, 0) is 32.6 Å². The summed E-state index contributed by atoms with van der Waals surface area (Å²) in [7, 11) is -4.14. The molecular weight excluding hydrogens is 629 g/mol. The van der Waals surface area contributed by atoms with Gasteiger partial charge < -0.3 is 10.2 Å². The number of carbonyl (C=O) groups excluding carboxylic acids is 2. The van der Waals surface area contributed by atoms with E-state index in [-0.39, 0.29) is 29.8 Å². The van der Waals surface area contributed by atoms with Gasteiger partial charge in [0.2, 0.25) is 11.8 Å². The van der Waals surface area contributed by atoms with Crippen LogP contribution >= 0.6 is 23.2 Å². The summed E-state index contributed by atoms with van der Waals surface area (Å²) in [5.41, 5.74) is 1.86. The molecule has 0 spiro atoms. The topological polar surface area (TPSA) is 86.8 Å². The van der Waals surface area contributed by atoms with Crippen LogP contribution in [0.2, 0.25) is 10.0 Å². The minimum absolute atomic E-state index is 0.0132. The van der Waals surface area contributed by atoms with Crippen molar-refractivity contribution in [3.63, 3.8) is 0 Å². The molecule has 0 aromatic heterocycles. The number of carbonyl (C=O) groups is 2. The maximum atomic E-state index is 14.5. The molecule has 0 radical (unpaired) electrons. The van der Waals surface area contributed by atoms with Gasteiger partial charge in [-0.3, -0.25) is 13.9 Å². The second-order valence-electron chi connectivity index (χ2n) is 11.1. The molecular formula is C35H35Cl2N3O4S. The molecule has 10 heteroatoms. The van der Waals surface area contributed by atoms with E-state index < -0.39 is 28.5 Å². The third kappa shape index (κ3) is 8.25. The second-order valence-corrected chi connectivity index (χ2v) is 13.8. The highest BCUT2D eigenvalue weighted by molar-refractivity contribution is 7.92. The molecule has 1 fully saturated rings. The van der Waals surface area contributed by atoms with Crippen molar-refractivity contribution in [2.24, 2.45) is 0 Å². The summed E-state index contributed by atoms with van der Waals surface area (Å²) in [6, 6.07) is 30.1. The van der Waals surface area contributed by atoms with Gasteiger partial charge in [0.05, 0.1) is 20.6 Å². The van der Waals surface area contributed by atoms with E-state index >= 15 is 0 Å². The number of halogens is 2. The molecule has 0 heterocycles. The summed E-state index contributed by atoms with van der Waals surface area (Å²) in [5, 5.41) is 3.85. The van der Waals surface area contributed by atoms with Crippen molar-refractivity contribution >= 4 is 50.7 Å². The maximum Gasteiger partial charge on any atom is 0.264 e. The van der Waals surface area contributed by atoms with Crippen molar-refractivity contribution in [3.05, 3.63) is 130 Å². The maximum absolute atomic E-state index is 14.5. The van der Waals surface area contributed by atoms with E-state index in [0.717, 1.165) is 35.6 Å². The number of benzene rings is 4. The first-order valence-corrected chi connectivity index (χ1v) is 17.1. The minimum atomic E-state index is -4.14. The van der Waals surface area contributed by atoms with Crippen LogP contribution in [0.5, 0.6) is 0 Å². The van der Waals surface area contributed by atoms with Gasteiger partial charge in [0, 0.05) is 19.0 Å². The van der Waals surface area contributed by atoms with Crippen molar-refractivity contribution in [1.29, 1.82) is 0 Å². The number of amides is 2. The van der Waals surface area contributed by atoms with Crippen LogP contribution in [-0.4, -0.2) is 43.8 Å². The molecule has 234 valence electrons. The number of nitrogens with one attached hydrogen (secondary N) is 1. The lowest BCUT2D eigenvalue weighted by Crippen LogP contribution is -2.54. The Morgan fingerprint density at radius 1 is 0.778 bits per heavy atom. The standard InChI is InChI=1S/C35H35Cl2N3O4S/c36-31-21-20-27(22-32(31)37)24-39(33(23-26-12-4-1-5-13-26)35(42)38-28-14-10-11-15-28)34(41)25-40(29-16-6-2-7-17-29)45(43,44)30-18-8-3-9-19-30/h1-9,12-13,16-22,28,33H,10-11,14-15,23-25H2,(H,38,42)/t33-/m1/s1. The van der Waals surface area contributed by atoms with Gasteiger partial charge in [0.1, 0.15) is 12.6 Å². The van der Waals surface area contributed by atoms with E-state index in [0.29, 0.717) is 21.3 Å². The zero-order valence-corrected chi connectivity index (χ0v) is 27.0. The van der Waals surface area contributed by atoms with Gasteiger partial charge in [0.15, 0.2) is 0 Å². The van der Waals surface area contributed by atoms with E-state index in [9.17, 15) is 18.0 Å². The Hall–Kier alpha value is -3.85. The summed E-state index contributed by atoms with van der Waals surface area (Å²) >= 11 is 12.5. The van der Waals surface area contributed by atoms with Gasteiger partial charge in [0.25, 0.3) is 10.0 Å². The highest BCUT2D eigenvalue weighted by Crippen LogP contribution is 2.27. The monoisotopic (exact) mass is 663 g/mol. The van der Waals surface area contributed by atoms with Crippen LogP contribution in [0.4, 0.5) is 5.69 Å². The quantitative estimate of drug-likeness (QED) is 0.179. The Bertz CT molecular complexity index is 1700. The lowest BCUT2D eigenvalue weighted by Gasteiger charge is -2.34. The molecule has 1 aliphatic rings. The van der Waals surface area contributed by atoms with Gasteiger partial charge in [-0.05, 0) is 60.4 Å². The van der Waals surface area contributed by atoms with Crippen LogP contribution in [0, 0.1) is 0 Å². The average Bonchev–Trinajstić information content (AvgIpc) is 3.57. The summed E-state index contributed by atoms with van der Waals surface area (Å²) in [6.45, 7) is -0.510. The minimum Gasteiger partial charge on any atom is -0.352 e. The predicted molar refractivity (Wildman–Crippen MR) is 179 cm³/mol. The third-order valence-corrected chi connectivity index (χ3v) is 10.5. The Morgan fingerprint density at radius 3 is 2.00 bits per heavy atom. The number of nitrogens with zero attached hydrogens (tertiary/aromatic N) is 2. The van der Waals surface area contributed by atoms with Crippen LogP contribution in [0.15, 0.2) is 114 Å². The molecule has 7 nitrogen and oxygen atoms in total. The molecule has 45 heavy (non-hydrogen) atoms. The zero-order chi connectivity index (χ0) is 31.8. The first kappa shape index (κ1) is 32.5. The van der Waals surface area contributed by atoms with Crippen LogP contribution in [0.1, 0.15) is 36.8 Å². The van der Waals surface area contributed by atoms with Crippen molar-refractivity contribution in [2.75, 3.05) is 10.8 Å². The molecule has 0 unspecified atom stereocenters. The Balaban J connectivity index is 1.56. The van der Waals surface area contributed by atoms with Crippen LogP contribution < -0.4 is 9.62 Å². The van der Waals surface area contributed by atoms with Crippen molar-refractivity contribution in [1.82, 2.24) is 10.2 Å². The summed E-state index contributed by atoms with van der Waals surface area (Å²) in [4.78, 5) is 30.1. The number of hydrogen-bond acceptors (Lipinski definition) is 4. The number of sulfonamides is 1. The molecule has 1 aliphatic carbocycles. The molecule has 5 rings (SSSR count). The number of anilines is 1. The number of hydrogen-bond donors (Lipinski definition) is 1. The number of rotatable bonds is 12. The van der Waals surface area contributed by atoms with Gasteiger partial charge in [-0.1, -0.05) is 109 Å². The predicted octanol–water partition coefficient (Wildman–Crippen LogP) is 6.89. The lowest BCUT2D eigenvalue weighted by atomic mass is 10.0. The van der Waals surface area contributed by atoms with E-state index in [2.05, 4.69) is 5.32 Å². The molecule has 4 aromatic carbocycles. The summed E-state index contributed by atoms with van der Waals surface area (Å²) in [5.74, 6) is -0.816. The van der Waals surface area contributed by atoms with Gasteiger partial charge >= 0.3 is 0 Å². The van der Waals surface area contributed by atoms with E-state index in [1.54, 1.807) is 66.7 Å². The van der Waals surface area contributed by atoms with Crippen molar-refractivity contribution < 1.29 is 18.0 Å². The Morgan fingerprint density at radius 2 is 1.38 bits per heavy atom. The van der Waals surface area contributed by atoms with E-state index in [1.807, 2.05) is 30.3 Å². The Labute approximate surface area is 274 Å². The van der Waals surface area contributed by atoms with E-state index in [4.69, 9.17) is 23.2 Å². The van der Waals surface area contributed by atoms with Crippen molar-refractivity contribution in [2.45, 2.75) is 55.6 Å². The van der Waals surface area contributed by atoms with Crippen LogP contribution in [0.25, 0.3) is 0 Å². The lowest BCUT2D eigenvalue weighted by molar-refractivity contribution is -0.140. The molecule has 1 saturated carbocycles. The van der Waals surface area contributed by atoms with Gasteiger partial charge in [-0.25, -0.2) is 8.42 Å². The fraction of sp³-hybridized carbons (Fsp3) is 0.257.